The lowest BCUT2D eigenvalue weighted by atomic mass is 10.3. The lowest BCUT2D eigenvalue weighted by molar-refractivity contribution is 0.116. The average Bonchev–Trinajstić information content (AvgIpc) is 2.92. The van der Waals surface area contributed by atoms with E-state index in [1.165, 1.54) is 23.9 Å². The van der Waals surface area contributed by atoms with Crippen molar-refractivity contribution in [1.82, 2.24) is 10.6 Å². The summed E-state index contributed by atoms with van der Waals surface area (Å²) in [6.45, 7) is 4.72. The Labute approximate surface area is 253 Å². The van der Waals surface area contributed by atoms with Crippen molar-refractivity contribution in [2.45, 2.75) is 36.0 Å². The average molecular weight is 660 g/mol. The van der Waals surface area contributed by atoms with Gasteiger partial charge in [-0.15, -0.1) is 46.4 Å². The number of benzene rings is 2. The first kappa shape index (κ1) is 34.1. The van der Waals surface area contributed by atoms with Gasteiger partial charge in [0.25, 0.3) is 0 Å². The third-order valence-corrected chi connectivity index (χ3v) is 6.92. The van der Waals surface area contributed by atoms with E-state index in [0.29, 0.717) is 36.1 Å². The number of alkyl halides is 4. The number of nitrogens with zero attached hydrogens (tertiary/aromatic N) is 2. The van der Waals surface area contributed by atoms with Crippen LogP contribution >= 0.6 is 54.7 Å². The van der Waals surface area contributed by atoms with Crippen molar-refractivity contribution in [3.05, 3.63) is 48.5 Å². The third kappa shape index (κ3) is 10.7. The standard InChI is InChI=1S/C24H31Cl4N4O7P/c1-5-36-17-11-7-15(8-12-17)31(3)23(33)29-21(19(25)26)38-40(35)39-22(20(27)28)30-24(34)32(4)16-9-13-18(14-10-16)37-6-2/h7-14,19-22,40H,5-6H2,1-4H3,(H,29,33)(H,30,34). The Kier molecular flexibility index (Phi) is 14.5. The second kappa shape index (κ2) is 17.0. The first-order chi connectivity index (χ1) is 19.0. The minimum absolute atomic E-state index is 0.501. The van der Waals surface area contributed by atoms with Gasteiger partial charge in [-0.05, 0) is 62.4 Å². The summed E-state index contributed by atoms with van der Waals surface area (Å²) in [6.07, 6.45) is -2.89. The normalized spacial score (nSPS) is 13.3. The van der Waals surface area contributed by atoms with Crippen molar-refractivity contribution in [3.63, 3.8) is 0 Å². The van der Waals surface area contributed by atoms with E-state index in [0.717, 1.165) is 0 Å². The first-order valence-corrected chi connectivity index (χ1v) is 14.9. The zero-order valence-corrected chi connectivity index (χ0v) is 26.1. The lowest BCUT2D eigenvalue weighted by Gasteiger charge is -2.27. The Morgan fingerprint density at radius 2 is 1.05 bits per heavy atom. The fourth-order valence-corrected chi connectivity index (χ4v) is 4.72. The Morgan fingerprint density at radius 1 is 0.725 bits per heavy atom. The molecule has 16 heteroatoms. The van der Waals surface area contributed by atoms with E-state index in [9.17, 15) is 14.2 Å². The summed E-state index contributed by atoms with van der Waals surface area (Å²) in [5, 5.41) is 4.85. The van der Waals surface area contributed by atoms with Crippen LogP contribution in [0.3, 0.4) is 0 Å². The van der Waals surface area contributed by atoms with Crippen molar-refractivity contribution in [3.8, 4) is 11.5 Å². The van der Waals surface area contributed by atoms with Crippen LogP contribution in [0.25, 0.3) is 0 Å². The van der Waals surface area contributed by atoms with Crippen molar-refractivity contribution in [2.75, 3.05) is 37.1 Å². The molecule has 11 nitrogen and oxygen atoms in total. The number of halogens is 4. The van der Waals surface area contributed by atoms with Crippen molar-refractivity contribution < 1.29 is 32.7 Å². The predicted octanol–water partition coefficient (Wildman–Crippen LogP) is 6.16. The lowest BCUT2D eigenvalue weighted by Crippen LogP contribution is -2.47. The summed E-state index contributed by atoms with van der Waals surface area (Å²) in [4.78, 5) is 25.3. The number of carbonyl (C=O) groups excluding carboxylic acids is 2. The Bertz CT molecular complexity index is 1030. The number of carbonyl (C=O) groups is 2. The molecule has 0 aliphatic carbocycles. The Hall–Kier alpha value is -2.11. The van der Waals surface area contributed by atoms with Gasteiger partial charge in [0.1, 0.15) is 11.5 Å². The van der Waals surface area contributed by atoms with Gasteiger partial charge in [-0.1, -0.05) is 0 Å². The third-order valence-electron chi connectivity index (χ3n) is 5.11. The van der Waals surface area contributed by atoms with Crippen LogP contribution in [0.4, 0.5) is 21.0 Å². The number of amides is 4. The minimum Gasteiger partial charge on any atom is -0.494 e. The molecule has 4 amide bonds. The van der Waals surface area contributed by atoms with Gasteiger partial charge in [-0.25, -0.2) is 9.59 Å². The monoisotopic (exact) mass is 658 g/mol. The van der Waals surface area contributed by atoms with Gasteiger partial charge in [0, 0.05) is 25.5 Å². The van der Waals surface area contributed by atoms with Crippen molar-refractivity contribution in [1.29, 1.82) is 0 Å². The zero-order valence-electron chi connectivity index (χ0n) is 22.1. The molecule has 0 radical (unpaired) electrons. The van der Waals surface area contributed by atoms with Gasteiger partial charge in [0.05, 0.1) is 13.2 Å². The van der Waals surface area contributed by atoms with Crippen LogP contribution in [0, 0.1) is 0 Å². The molecular weight excluding hydrogens is 629 g/mol. The van der Waals surface area contributed by atoms with Crippen LogP contribution in [0.1, 0.15) is 13.8 Å². The Morgan fingerprint density at radius 3 is 1.32 bits per heavy atom. The molecule has 0 spiro atoms. The van der Waals surface area contributed by atoms with Crippen LogP contribution in [-0.4, -0.2) is 61.5 Å². The molecular formula is C24H31Cl4N4O7P. The summed E-state index contributed by atoms with van der Waals surface area (Å²) in [5.74, 6) is 1.28. The molecule has 40 heavy (non-hydrogen) atoms. The molecule has 0 fully saturated rings. The number of urea groups is 2. The topological polar surface area (TPSA) is 119 Å². The largest absolute Gasteiger partial charge is 0.494 e. The van der Waals surface area contributed by atoms with Crippen molar-refractivity contribution in [2.24, 2.45) is 0 Å². The van der Waals surface area contributed by atoms with E-state index in [-0.39, 0.29) is 0 Å². The molecule has 2 aromatic rings. The molecule has 2 rings (SSSR count). The van der Waals surface area contributed by atoms with Crippen LogP contribution in [0.5, 0.6) is 11.5 Å². The maximum Gasteiger partial charge on any atom is 0.323 e. The van der Waals surface area contributed by atoms with E-state index < -0.39 is 42.4 Å². The number of hydrogen-bond donors (Lipinski definition) is 2. The summed E-state index contributed by atoms with van der Waals surface area (Å²) in [7, 11) is -0.462. The highest BCUT2D eigenvalue weighted by Gasteiger charge is 2.29. The number of rotatable bonds is 14. The summed E-state index contributed by atoms with van der Waals surface area (Å²) in [5.41, 5.74) is 1.05. The predicted molar refractivity (Wildman–Crippen MR) is 159 cm³/mol. The van der Waals surface area contributed by atoms with Gasteiger partial charge in [-0.2, -0.15) is 0 Å². The smallest absolute Gasteiger partial charge is 0.323 e. The van der Waals surface area contributed by atoms with Crippen LogP contribution in [0.15, 0.2) is 48.5 Å². The molecule has 0 bridgehead atoms. The highest BCUT2D eigenvalue weighted by atomic mass is 35.5. The van der Waals surface area contributed by atoms with Crippen LogP contribution < -0.4 is 29.9 Å². The molecule has 2 unspecified atom stereocenters. The first-order valence-electron chi connectivity index (χ1n) is 11.9. The van der Waals surface area contributed by atoms with Crippen molar-refractivity contribution >= 4 is 78.1 Å². The van der Waals surface area contributed by atoms with Crippen LogP contribution in [-0.2, 0) is 13.6 Å². The highest BCUT2D eigenvalue weighted by Crippen LogP contribution is 2.32. The quantitative estimate of drug-likeness (QED) is 0.142. The molecule has 222 valence electrons. The maximum absolute atomic E-state index is 12.7. The van der Waals surface area contributed by atoms with Gasteiger partial charge in [0.15, 0.2) is 22.1 Å². The molecule has 2 N–H and O–H groups in total. The van der Waals surface area contributed by atoms with Gasteiger partial charge >= 0.3 is 20.3 Å². The summed E-state index contributed by atoms with van der Waals surface area (Å²) in [6, 6.07) is 12.2. The van der Waals surface area contributed by atoms with E-state index >= 15 is 0 Å². The number of hydrogen-bond acceptors (Lipinski definition) is 7. The fourth-order valence-electron chi connectivity index (χ4n) is 3.06. The van der Waals surface area contributed by atoms with E-state index in [2.05, 4.69) is 10.6 Å². The molecule has 0 aliphatic heterocycles. The molecule has 0 heterocycles. The minimum atomic E-state index is -3.46. The number of nitrogens with one attached hydrogen (secondary N) is 2. The summed E-state index contributed by atoms with van der Waals surface area (Å²) < 4.78 is 33.9. The van der Waals surface area contributed by atoms with E-state index in [1.54, 1.807) is 48.5 Å². The van der Waals surface area contributed by atoms with Gasteiger partial charge in [0.2, 0.25) is 0 Å². The van der Waals surface area contributed by atoms with Gasteiger partial charge in [-0.3, -0.25) is 23.4 Å². The summed E-state index contributed by atoms with van der Waals surface area (Å²) >= 11 is 23.7. The highest BCUT2D eigenvalue weighted by molar-refractivity contribution is 7.33. The molecule has 0 saturated heterocycles. The van der Waals surface area contributed by atoms with Crippen LogP contribution in [0.2, 0.25) is 0 Å². The number of ether oxygens (including phenoxy) is 2. The SMILES string of the molecule is CCOc1ccc(N(C)C(=O)NC(O[PH](=O)OC(NC(=O)N(C)c2ccc(OCC)cc2)C(Cl)Cl)C(Cl)Cl)cc1. The molecule has 2 aromatic carbocycles. The zero-order chi connectivity index (χ0) is 29.8. The molecule has 2 atom stereocenters. The fraction of sp³-hybridized carbons (Fsp3) is 0.417. The molecule has 0 saturated carbocycles. The Balaban J connectivity index is 1.98. The second-order valence-corrected chi connectivity index (χ2v) is 11.2. The van der Waals surface area contributed by atoms with Gasteiger partial charge < -0.3 is 20.1 Å². The van der Waals surface area contributed by atoms with E-state index in [4.69, 9.17) is 64.9 Å². The van der Waals surface area contributed by atoms with E-state index in [1.807, 2.05) is 13.8 Å². The second-order valence-electron chi connectivity index (χ2n) is 7.87. The maximum atomic E-state index is 12.7. The molecule has 0 aromatic heterocycles. The molecule has 0 aliphatic rings. The number of anilines is 2.